The second kappa shape index (κ2) is 6.73. The zero-order chi connectivity index (χ0) is 14.7. The van der Waals surface area contributed by atoms with Crippen LogP contribution in [0.1, 0.15) is 57.8 Å². The number of hydrogen-bond acceptors (Lipinski definition) is 2. The molecule has 0 heterocycles. The quantitative estimate of drug-likeness (QED) is 0.818. The number of hydrogen-bond donors (Lipinski definition) is 1. The molecule has 0 bridgehead atoms. The summed E-state index contributed by atoms with van der Waals surface area (Å²) in [7, 11) is 0. The monoisotopic (exact) mass is 275 g/mol. The molecule has 1 saturated carbocycles. The fraction of sp³-hybridized carbons (Fsp3) is 0.667. The molecule has 1 aromatic carbocycles. The summed E-state index contributed by atoms with van der Waals surface area (Å²) in [6, 6.07) is 9.32. The van der Waals surface area contributed by atoms with Crippen molar-refractivity contribution in [3.05, 3.63) is 35.4 Å². The van der Waals surface area contributed by atoms with Crippen molar-refractivity contribution in [1.82, 2.24) is 4.90 Å². The highest BCUT2D eigenvalue weighted by Gasteiger charge is 2.35. The smallest absolute Gasteiger partial charge is 0.0942 e. The van der Waals surface area contributed by atoms with Crippen LogP contribution in [0.5, 0.6) is 0 Å². The average Bonchev–Trinajstić information content (AvgIpc) is 3.27. The highest BCUT2D eigenvalue weighted by Crippen LogP contribution is 2.33. The molecule has 20 heavy (non-hydrogen) atoms. The number of nitrogens with zero attached hydrogens (tertiary/aromatic N) is 1. The minimum absolute atomic E-state index is 0.192. The van der Waals surface area contributed by atoms with E-state index in [0.717, 1.165) is 18.5 Å². The van der Waals surface area contributed by atoms with Crippen molar-refractivity contribution in [3.63, 3.8) is 0 Å². The topological polar surface area (TPSA) is 23.5 Å². The lowest BCUT2D eigenvalue weighted by atomic mass is 9.99. The molecule has 2 heteroatoms. The summed E-state index contributed by atoms with van der Waals surface area (Å²) < 4.78 is 0. The highest BCUT2D eigenvalue weighted by molar-refractivity contribution is 5.25. The van der Waals surface area contributed by atoms with E-state index in [1.165, 1.54) is 18.4 Å². The van der Waals surface area contributed by atoms with Crippen LogP contribution in [0.15, 0.2) is 24.3 Å². The number of aliphatic hydroxyl groups excluding tert-OH is 1. The van der Waals surface area contributed by atoms with E-state index in [1.807, 2.05) is 0 Å². The van der Waals surface area contributed by atoms with Crippen LogP contribution in [0.25, 0.3) is 0 Å². The van der Waals surface area contributed by atoms with Gasteiger partial charge in [-0.25, -0.2) is 0 Å². The molecule has 0 radical (unpaired) electrons. The molecule has 1 aromatic rings. The van der Waals surface area contributed by atoms with Gasteiger partial charge in [0, 0.05) is 18.6 Å². The Morgan fingerprint density at radius 3 is 2.20 bits per heavy atom. The molecule has 0 spiro atoms. The molecule has 0 aromatic heterocycles. The van der Waals surface area contributed by atoms with Crippen molar-refractivity contribution in [3.8, 4) is 0 Å². The molecular formula is C18H29NO. The van der Waals surface area contributed by atoms with Crippen LogP contribution < -0.4 is 0 Å². The van der Waals surface area contributed by atoms with E-state index in [9.17, 15) is 5.11 Å². The summed E-state index contributed by atoms with van der Waals surface area (Å²) in [5, 5.41) is 10.7. The Bertz CT molecular complexity index is 408. The third kappa shape index (κ3) is 3.83. The SMILES string of the molecule is CCc1ccc(C(O)C(C)N(CC(C)C)C2CC2)cc1. The van der Waals surface area contributed by atoms with Gasteiger partial charge in [-0.1, -0.05) is 45.0 Å². The van der Waals surface area contributed by atoms with Crippen LogP contribution in [0.2, 0.25) is 0 Å². The van der Waals surface area contributed by atoms with E-state index in [1.54, 1.807) is 0 Å². The standard InChI is InChI=1S/C18H29NO/c1-5-15-6-8-16(9-7-15)18(20)14(4)19(12-13(2)3)17-10-11-17/h6-9,13-14,17-18,20H,5,10-12H2,1-4H3. The predicted octanol–water partition coefficient (Wildman–Crippen LogP) is 3.79. The van der Waals surface area contributed by atoms with Gasteiger partial charge in [0.05, 0.1) is 6.10 Å². The van der Waals surface area contributed by atoms with Gasteiger partial charge in [-0.05, 0) is 43.2 Å². The Hall–Kier alpha value is -0.860. The molecule has 0 aliphatic heterocycles. The first kappa shape index (κ1) is 15.5. The van der Waals surface area contributed by atoms with Crippen LogP contribution in [-0.2, 0) is 6.42 Å². The Labute approximate surface area is 123 Å². The summed E-state index contributed by atoms with van der Waals surface area (Å²) in [6.45, 7) is 9.91. The zero-order valence-corrected chi connectivity index (χ0v) is 13.3. The van der Waals surface area contributed by atoms with Crippen LogP contribution >= 0.6 is 0 Å². The lowest BCUT2D eigenvalue weighted by molar-refractivity contribution is 0.0462. The van der Waals surface area contributed by atoms with Crippen molar-refractivity contribution >= 4 is 0 Å². The van der Waals surface area contributed by atoms with Gasteiger partial charge >= 0.3 is 0 Å². The molecule has 2 nitrogen and oxygen atoms in total. The minimum atomic E-state index is -0.389. The maximum atomic E-state index is 10.7. The zero-order valence-electron chi connectivity index (χ0n) is 13.3. The molecule has 1 N–H and O–H groups in total. The Kier molecular flexibility index (Phi) is 5.22. The number of aliphatic hydroxyl groups is 1. The van der Waals surface area contributed by atoms with Crippen molar-refractivity contribution in [2.45, 2.75) is 65.1 Å². The molecular weight excluding hydrogens is 246 g/mol. The number of aryl methyl sites for hydroxylation is 1. The molecule has 112 valence electrons. The van der Waals surface area contributed by atoms with Gasteiger partial charge in [0.1, 0.15) is 0 Å². The lowest BCUT2D eigenvalue weighted by Gasteiger charge is -2.34. The van der Waals surface area contributed by atoms with Gasteiger partial charge in [0.2, 0.25) is 0 Å². The largest absolute Gasteiger partial charge is 0.387 e. The summed E-state index contributed by atoms with van der Waals surface area (Å²) in [5.74, 6) is 0.646. The third-order valence-electron chi connectivity index (χ3n) is 4.30. The van der Waals surface area contributed by atoms with Crippen molar-refractivity contribution in [1.29, 1.82) is 0 Å². The maximum Gasteiger partial charge on any atom is 0.0942 e. The van der Waals surface area contributed by atoms with Gasteiger partial charge in [-0.3, -0.25) is 4.90 Å². The van der Waals surface area contributed by atoms with Crippen LogP contribution in [-0.4, -0.2) is 28.6 Å². The van der Waals surface area contributed by atoms with E-state index >= 15 is 0 Å². The van der Waals surface area contributed by atoms with Crippen LogP contribution in [0.4, 0.5) is 0 Å². The summed E-state index contributed by atoms with van der Waals surface area (Å²) in [5.41, 5.74) is 2.37. The Morgan fingerprint density at radius 1 is 1.15 bits per heavy atom. The molecule has 0 saturated heterocycles. The van der Waals surface area contributed by atoms with E-state index in [2.05, 4.69) is 56.9 Å². The first-order chi connectivity index (χ1) is 9.52. The first-order valence-electron chi connectivity index (χ1n) is 8.05. The maximum absolute atomic E-state index is 10.7. The lowest BCUT2D eigenvalue weighted by Crippen LogP contribution is -2.41. The molecule has 1 aliphatic rings. The van der Waals surface area contributed by atoms with Gasteiger partial charge in [0.15, 0.2) is 0 Å². The average molecular weight is 275 g/mol. The van der Waals surface area contributed by atoms with E-state index < -0.39 is 0 Å². The fourth-order valence-corrected chi connectivity index (χ4v) is 2.89. The summed E-state index contributed by atoms with van der Waals surface area (Å²) in [6.07, 6.45) is 3.24. The molecule has 0 amide bonds. The highest BCUT2D eigenvalue weighted by atomic mass is 16.3. The normalized spacial score (nSPS) is 18.6. The number of benzene rings is 1. The molecule has 1 fully saturated rings. The minimum Gasteiger partial charge on any atom is -0.387 e. The fourth-order valence-electron chi connectivity index (χ4n) is 2.89. The van der Waals surface area contributed by atoms with Gasteiger partial charge in [-0.2, -0.15) is 0 Å². The van der Waals surface area contributed by atoms with E-state index in [4.69, 9.17) is 0 Å². The van der Waals surface area contributed by atoms with Gasteiger partial charge in [0.25, 0.3) is 0 Å². The number of rotatable bonds is 7. The van der Waals surface area contributed by atoms with Crippen LogP contribution in [0.3, 0.4) is 0 Å². The molecule has 2 unspecified atom stereocenters. The third-order valence-corrected chi connectivity index (χ3v) is 4.30. The van der Waals surface area contributed by atoms with E-state index in [0.29, 0.717) is 12.0 Å². The predicted molar refractivity (Wildman–Crippen MR) is 84.8 cm³/mol. The van der Waals surface area contributed by atoms with Gasteiger partial charge < -0.3 is 5.11 Å². The summed E-state index contributed by atoms with van der Waals surface area (Å²) in [4.78, 5) is 2.50. The molecule has 2 rings (SSSR count). The molecule has 2 atom stereocenters. The second-order valence-corrected chi connectivity index (χ2v) is 6.60. The van der Waals surface area contributed by atoms with Gasteiger partial charge in [-0.15, -0.1) is 0 Å². The summed E-state index contributed by atoms with van der Waals surface area (Å²) >= 11 is 0. The Balaban J connectivity index is 2.06. The van der Waals surface area contributed by atoms with Crippen molar-refractivity contribution in [2.75, 3.05) is 6.54 Å². The van der Waals surface area contributed by atoms with E-state index in [-0.39, 0.29) is 12.1 Å². The van der Waals surface area contributed by atoms with Crippen LogP contribution in [0, 0.1) is 5.92 Å². The second-order valence-electron chi connectivity index (χ2n) is 6.60. The Morgan fingerprint density at radius 2 is 1.75 bits per heavy atom. The molecule has 1 aliphatic carbocycles. The van der Waals surface area contributed by atoms with Crippen molar-refractivity contribution < 1.29 is 5.11 Å². The first-order valence-corrected chi connectivity index (χ1v) is 8.05. The van der Waals surface area contributed by atoms with Crippen molar-refractivity contribution in [2.24, 2.45) is 5.92 Å².